The minimum atomic E-state index is -0.556. The molecule has 2 N–H and O–H groups in total. The van der Waals surface area contributed by atoms with Crippen molar-refractivity contribution in [3.8, 4) is 0 Å². The van der Waals surface area contributed by atoms with Gasteiger partial charge >= 0.3 is 0 Å². The molecule has 1 aromatic carbocycles. The SMILES string of the molecule is CN=C(NCCCn1cc(C)cn1)NC1CCN(c2ccc(F)cc2F)C1.I. The Morgan fingerprint density at radius 1 is 1.36 bits per heavy atom. The zero-order chi connectivity index (χ0) is 19.2. The molecule has 0 spiro atoms. The summed E-state index contributed by atoms with van der Waals surface area (Å²) in [7, 11) is 1.73. The number of nitrogens with one attached hydrogen (secondary N) is 2. The minimum absolute atomic E-state index is 0. The zero-order valence-electron chi connectivity index (χ0n) is 16.2. The standard InChI is InChI=1S/C19H26F2N6.HI/c1-14-11-24-27(12-14)8-3-7-23-19(22-2)25-16-6-9-26(13-16)18-5-4-15(20)10-17(18)21;/h4-5,10-12,16H,3,6-9,13H2,1-2H3,(H2,22,23,25);1H. The van der Waals surface area contributed by atoms with Gasteiger partial charge in [-0.3, -0.25) is 9.67 Å². The fraction of sp³-hybridized carbons (Fsp3) is 0.474. The summed E-state index contributed by atoms with van der Waals surface area (Å²) in [6, 6.07) is 3.88. The Morgan fingerprint density at radius 3 is 2.86 bits per heavy atom. The lowest BCUT2D eigenvalue weighted by atomic mass is 10.2. The van der Waals surface area contributed by atoms with Gasteiger partial charge in [0.15, 0.2) is 5.96 Å². The molecule has 1 aliphatic rings. The minimum Gasteiger partial charge on any atom is -0.367 e. The summed E-state index contributed by atoms with van der Waals surface area (Å²) in [5.74, 6) is -0.343. The molecule has 0 radical (unpaired) electrons. The molecule has 1 unspecified atom stereocenters. The fourth-order valence-electron chi connectivity index (χ4n) is 3.26. The van der Waals surface area contributed by atoms with E-state index in [1.165, 1.54) is 12.1 Å². The van der Waals surface area contributed by atoms with Crippen molar-refractivity contribution in [1.29, 1.82) is 0 Å². The van der Waals surface area contributed by atoms with Crippen molar-refractivity contribution in [3.63, 3.8) is 0 Å². The van der Waals surface area contributed by atoms with Crippen LogP contribution in [0.3, 0.4) is 0 Å². The number of benzene rings is 1. The molecule has 2 aromatic rings. The van der Waals surface area contributed by atoms with Gasteiger partial charge in [-0.15, -0.1) is 24.0 Å². The van der Waals surface area contributed by atoms with E-state index in [0.717, 1.165) is 50.1 Å². The van der Waals surface area contributed by atoms with Crippen LogP contribution < -0.4 is 15.5 Å². The normalized spacial score (nSPS) is 16.8. The molecule has 0 aliphatic carbocycles. The van der Waals surface area contributed by atoms with Gasteiger partial charge in [-0.2, -0.15) is 5.10 Å². The van der Waals surface area contributed by atoms with Crippen molar-refractivity contribution in [2.45, 2.75) is 32.4 Å². The number of aromatic nitrogens is 2. The highest BCUT2D eigenvalue weighted by Gasteiger charge is 2.25. The number of anilines is 1. The van der Waals surface area contributed by atoms with Crippen LogP contribution in [0.5, 0.6) is 0 Å². The molecule has 1 fully saturated rings. The fourth-order valence-corrected chi connectivity index (χ4v) is 3.26. The van der Waals surface area contributed by atoms with Gasteiger partial charge in [0.05, 0.1) is 11.9 Å². The molecule has 1 aromatic heterocycles. The maximum absolute atomic E-state index is 14.0. The first-order valence-electron chi connectivity index (χ1n) is 9.21. The van der Waals surface area contributed by atoms with Crippen LogP contribution in [0.1, 0.15) is 18.4 Å². The number of guanidine groups is 1. The molecular formula is C19H27F2IN6. The Morgan fingerprint density at radius 2 is 2.18 bits per heavy atom. The van der Waals surface area contributed by atoms with Gasteiger partial charge in [0.1, 0.15) is 11.6 Å². The number of hydrogen-bond donors (Lipinski definition) is 2. The summed E-state index contributed by atoms with van der Waals surface area (Å²) in [5, 5.41) is 10.9. The zero-order valence-corrected chi connectivity index (χ0v) is 18.5. The van der Waals surface area contributed by atoms with E-state index < -0.39 is 11.6 Å². The Labute approximate surface area is 181 Å². The summed E-state index contributed by atoms with van der Waals surface area (Å²) in [5.41, 5.74) is 1.60. The molecular weight excluding hydrogens is 477 g/mol. The predicted molar refractivity (Wildman–Crippen MR) is 118 cm³/mol. The lowest BCUT2D eigenvalue weighted by molar-refractivity contribution is 0.565. The second-order valence-corrected chi connectivity index (χ2v) is 6.80. The highest BCUT2D eigenvalue weighted by Crippen LogP contribution is 2.24. The summed E-state index contributed by atoms with van der Waals surface area (Å²) in [6.07, 6.45) is 5.67. The number of aliphatic imine (C=N–C) groups is 1. The van der Waals surface area contributed by atoms with Crippen molar-refractivity contribution in [2.75, 3.05) is 31.6 Å². The van der Waals surface area contributed by atoms with Gasteiger partial charge in [-0.1, -0.05) is 0 Å². The van der Waals surface area contributed by atoms with E-state index in [4.69, 9.17) is 0 Å². The van der Waals surface area contributed by atoms with Crippen molar-refractivity contribution in [1.82, 2.24) is 20.4 Å². The third-order valence-electron chi connectivity index (χ3n) is 4.62. The van der Waals surface area contributed by atoms with Gasteiger partial charge in [0.25, 0.3) is 0 Å². The highest BCUT2D eigenvalue weighted by atomic mass is 127. The van der Waals surface area contributed by atoms with Crippen LogP contribution in [0.4, 0.5) is 14.5 Å². The summed E-state index contributed by atoms with van der Waals surface area (Å²) in [6.45, 7) is 5.02. The summed E-state index contributed by atoms with van der Waals surface area (Å²) < 4.78 is 29.0. The average Bonchev–Trinajstić information content (AvgIpc) is 3.26. The summed E-state index contributed by atoms with van der Waals surface area (Å²) in [4.78, 5) is 6.19. The number of halogens is 3. The van der Waals surface area contributed by atoms with Crippen molar-refractivity contribution in [3.05, 3.63) is 47.8 Å². The summed E-state index contributed by atoms with van der Waals surface area (Å²) >= 11 is 0. The molecule has 1 aliphatic heterocycles. The van der Waals surface area contributed by atoms with Gasteiger partial charge in [-0.05, 0) is 37.5 Å². The first-order valence-corrected chi connectivity index (χ1v) is 9.21. The smallest absolute Gasteiger partial charge is 0.191 e. The molecule has 0 saturated carbocycles. The van der Waals surface area contributed by atoms with Crippen LogP contribution in [0.25, 0.3) is 0 Å². The molecule has 1 saturated heterocycles. The first kappa shape index (κ1) is 22.4. The molecule has 154 valence electrons. The van der Waals surface area contributed by atoms with E-state index in [-0.39, 0.29) is 30.0 Å². The number of nitrogens with zero attached hydrogens (tertiary/aromatic N) is 4. The van der Waals surface area contributed by atoms with Crippen molar-refractivity contribution < 1.29 is 8.78 Å². The highest BCUT2D eigenvalue weighted by molar-refractivity contribution is 14.0. The molecule has 6 nitrogen and oxygen atoms in total. The Bertz CT molecular complexity index is 794. The second-order valence-electron chi connectivity index (χ2n) is 6.80. The van der Waals surface area contributed by atoms with Crippen LogP contribution in [0, 0.1) is 18.6 Å². The van der Waals surface area contributed by atoms with E-state index >= 15 is 0 Å². The van der Waals surface area contributed by atoms with E-state index in [2.05, 4.69) is 20.7 Å². The maximum atomic E-state index is 14.0. The van der Waals surface area contributed by atoms with Crippen molar-refractivity contribution >= 4 is 35.6 Å². The van der Waals surface area contributed by atoms with Gasteiger partial charge in [0, 0.05) is 51.5 Å². The van der Waals surface area contributed by atoms with Crippen molar-refractivity contribution in [2.24, 2.45) is 4.99 Å². The molecule has 3 rings (SSSR count). The second kappa shape index (κ2) is 10.6. The van der Waals surface area contributed by atoms with E-state index in [1.807, 2.05) is 28.9 Å². The molecule has 1 atom stereocenters. The Balaban J connectivity index is 0.00000280. The monoisotopic (exact) mass is 504 g/mol. The van der Waals surface area contributed by atoms with Gasteiger partial charge < -0.3 is 15.5 Å². The maximum Gasteiger partial charge on any atom is 0.191 e. The average molecular weight is 504 g/mol. The first-order chi connectivity index (χ1) is 13.0. The van der Waals surface area contributed by atoms with Crippen LogP contribution in [-0.2, 0) is 6.54 Å². The Kier molecular flexibility index (Phi) is 8.46. The topological polar surface area (TPSA) is 57.5 Å². The van der Waals surface area contributed by atoms with Crippen LogP contribution in [0.2, 0.25) is 0 Å². The molecule has 28 heavy (non-hydrogen) atoms. The third-order valence-corrected chi connectivity index (χ3v) is 4.62. The van der Waals surface area contributed by atoms with Crippen LogP contribution in [-0.4, -0.2) is 48.5 Å². The predicted octanol–water partition coefficient (Wildman–Crippen LogP) is 2.92. The molecule has 9 heteroatoms. The molecule has 0 bridgehead atoms. The van der Waals surface area contributed by atoms with Gasteiger partial charge in [-0.25, -0.2) is 8.78 Å². The lowest BCUT2D eigenvalue weighted by Gasteiger charge is -2.21. The van der Waals surface area contributed by atoms with Crippen LogP contribution in [0.15, 0.2) is 35.6 Å². The Hall–Kier alpha value is -1.91. The van der Waals surface area contributed by atoms with Crippen LogP contribution >= 0.6 is 24.0 Å². The van der Waals surface area contributed by atoms with E-state index in [9.17, 15) is 8.78 Å². The lowest BCUT2D eigenvalue weighted by Crippen LogP contribution is -2.45. The largest absolute Gasteiger partial charge is 0.367 e. The van der Waals surface area contributed by atoms with Gasteiger partial charge in [0.2, 0.25) is 0 Å². The quantitative estimate of drug-likeness (QED) is 0.275. The number of rotatable bonds is 6. The molecule has 0 amide bonds. The van der Waals surface area contributed by atoms with E-state index in [1.54, 1.807) is 7.05 Å². The third kappa shape index (κ3) is 6.05. The van der Waals surface area contributed by atoms with E-state index in [0.29, 0.717) is 12.2 Å². The molecule has 2 heterocycles. The number of hydrogen-bond acceptors (Lipinski definition) is 3. The number of aryl methyl sites for hydroxylation is 2.